The molecular formula is C20H23N3O3. The van der Waals surface area contributed by atoms with Gasteiger partial charge in [-0.3, -0.25) is 14.3 Å². The molecule has 0 radical (unpaired) electrons. The van der Waals surface area contributed by atoms with E-state index in [2.05, 4.69) is 11.7 Å². The first-order valence-corrected chi connectivity index (χ1v) is 8.75. The molecule has 1 aliphatic heterocycles. The van der Waals surface area contributed by atoms with E-state index in [4.69, 9.17) is 4.74 Å². The van der Waals surface area contributed by atoms with Gasteiger partial charge in [-0.15, -0.1) is 0 Å². The summed E-state index contributed by atoms with van der Waals surface area (Å²) in [7, 11) is 1.77. The Morgan fingerprint density at radius 1 is 1.23 bits per heavy atom. The Kier molecular flexibility index (Phi) is 5.51. The van der Waals surface area contributed by atoms with Gasteiger partial charge in [0.05, 0.1) is 0 Å². The molecular weight excluding hydrogens is 330 g/mol. The molecule has 1 aromatic carbocycles. The zero-order chi connectivity index (χ0) is 18.5. The molecule has 2 aromatic rings. The number of Topliss-reactive ketones (excluding diaryl/α,β-unsaturated/α-hetero) is 1. The highest BCUT2D eigenvalue weighted by molar-refractivity contribution is 5.97. The Morgan fingerprint density at radius 2 is 1.92 bits per heavy atom. The molecule has 1 aromatic heterocycles. The third-order valence-electron chi connectivity index (χ3n) is 4.70. The van der Waals surface area contributed by atoms with Crippen LogP contribution in [0.5, 0.6) is 5.75 Å². The summed E-state index contributed by atoms with van der Waals surface area (Å²) in [6.07, 6.45) is 4.66. The Balaban J connectivity index is 1.57. The van der Waals surface area contributed by atoms with Crippen LogP contribution in [0.4, 0.5) is 0 Å². The summed E-state index contributed by atoms with van der Waals surface area (Å²) in [5, 5.41) is 4.06. The van der Waals surface area contributed by atoms with Gasteiger partial charge in [0, 0.05) is 37.8 Å². The van der Waals surface area contributed by atoms with Crippen molar-refractivity contribution in [3.8, 4) is 5.75 Å². The molecule has 1 saturated heterocycles. The summed E-state index contributed by atoms with van der Waals surface area (Å²) in [6.45, 7) is 5.21. The number of amides is 1. The lowest BCUT2D eigenvalue weighted by molar-refractivity contribution is 0.0647. The van der Waals surface area contributed by atoms with Crippen LogP contribution in [0.1, 0.15) is 33.7 Å². The number of hydrogen-bond acceptors (Lipinski definition) is 4. The molecule has 1 aliphatic rings. The van der Waals surface area contributed by atoms with Gasteiger partial charge in [-0.25, -0.2) is 0 Å². The van der Waals surface area contributed by atoms with Crippen molar-refractivity contribution in [1.29, 1.82) is 0 Å². The second-order valence-corrected chi connectivity index (χ2v) is 6.39. The van der Waals surface area contributed by atoms with Crippen LogP contribution in [0.2, 0.25) is 0 Å². The van der Waals surface area contributed by atoms with Gasteiger partial charge < -0.3 is 9.64 Å². The van der Waals surface area contributed by atoms with Crippen molar-refractivity contribution >= 4 is 11.7 Å². The fourth-order valence-electron chi connectivity index (χ4n) is 3.20. The van der Waals surface area contributed by atoms with E-state index in [1.807, 2.05) is 4.90 Å². The molecule has 0 saturated carbocycles. The fraction of sp³-hybridized carbons (Fsp3) is 0.350. The molecule has 0 atom stereocenters. The van der Waals surface area contributed by atoms with E-state index in [1.54, 1.807) is 54.3 Å². The molecule has 0 aliphatic carbocycles. The number of ether oxygens (including phenoxy) is 1. The maximum atomic E-state index is 12.7. The number of ketones is 1. The Labute approximate surface area is 153 Å². The second-order valence-electron chi connectivity index (χ2n) is 6.39. The Morgan fingerprint density at radius 3 is 2.50 bits per heavy atom. The molecule has 0 N–H and O–H groups in total. The second kappa shape index (κ2) is 7.99. The highest BCUT2D eigenvalue weighted by Gasteiger charge is 2.29. The van der Waals surface area contributed by atoms with Crippen LogP contribution in [0, 0.1) is 5.92 Å². The van der Waals surface area contributed by atoms with E-state index in [9.17, 15) is 9.59 Å². The lowest BCUT2D eigenvalue weighted by atomic mass is 9.90. The molecule has 136 valence electrons. The van der Waals surface area contributed by atoms with Crippen LogP contribution in [0.25, 0.3) is 0 Å². The number of likely N-dealkylation sites (tertiary alicyclic amines) is 1. The monoisotopic (exact) mass is 353 g/mol. The first-order chi connectivity index (χ1) is 12.6. The molecule has 6 nitrogen and oxygen atoms in total. The van der Waals surface area contributed by atoms with Gasteiger partial charge in [0.15, 0.2) is 5.78 Å². The van der Waals surface area contributed by atoms with Crippen molar-refractivity contribution in [3.63, 3.8) is 0 Å². The quantitative estimate of drug-likeness (QED) is 0.592. The normalized spacial score (nSPS) is 14.9. The van der Waals surface area contributed by atoms with Gasteiger partial charge in [-0.05, 0) is 43.2 Å². The van der Waals surface area contributed by atoms with E-state index in [0.29, 0.717) is 49.5 Å². The highest BCUT2D eigenvalue weighted by atomic mass is 16.5. The average Bonchev–Trinajstić information content (AvgIpc) is 3.11. The number of rotatable bonds is 6. The maximum absolute atomic E-state index is 12.7. The van der Waals surface area contributed by atoms with Gasteiger partial charge in [0.25, 0.3) is 5.91 Å². The fourth-order valence-corrected chi connectivity index (χ4v) is 3.20. The zero-order valence-corrected chi connectivity index (χ0v) is 14.9. The molecule has 3 rings (SSSR count). The molecule has 1 fully saturated rings. The van der Waals surface area contributed by atoms with E-state index in [-0.39, 0.29) is 17.6 Å². The third kappa shape index (κ3) is 3.85. The minimum atomic E-state index is -0.0517. The topological polar surface area (TPSA) is 64.4 Å². The first-order valence-electron chi connectivity index (χ1n) is 8.75. The van der Waals surface area contributed by atoms with E-state index < -0.39 is 0 Å². The van der Waals surface area contributed by atoms with E-state index in [0.717, 1.165) is 0 Å². The Bertz CT molecular complexity index is 787. The number of benzene rings is 1. The van der Waals surface area contributed by atoms with Crippen molar-refractivity contribution in [1.82, 2.24) is 14.7 Å². The lowest BCUT2D eigenvalue weighted by Gasteiger charge is -2.31. The predicted molar refractivity (Wildman–Crippen MR) is 98.3 cm³/mol. The van der Waals surface area contributed by atoms with Gasteiger partial charge in [0.2, 0.25) is 0 Å². The highest BCUT2D eigenvalue weighted by Crippen LogP contribution is 2.23. The van der Waals surface area contributed by atoms with Crippen molar-refractivity contribution in [2.24, 2.45) is 13.0 Å². The lowest BCUT2D eigenvalue weighted by Crippen LogP contribution is -2.40. The third-order valence-corrected chi connectivity index (χ3v) is 4.70. The summed E-state index contributed by atoms with van der Waals surface area (Å²) in [5.41, 5.74) is 1.26. The Hall–Kier alpha value is -2.89. The summed E-state index contributed by atoms with van der Waals surface area (Å²) >= 11 is 0. The SMILES string of the molecule is C=CCOc1ccc(C(=O)N2CCC(C(=O)c3ccnn3C)CC2)cc1. The van der Waals surface area contributed by atoms with E-state index >= 15 is 0 Å². The van der Waals surface area contributed by atoms with Crippen LogP contribution in [0.15, 0.2) is 49.2 Å². The van der Waals surface area contributed by atoms with Crippen molar-refractivity contribution in [2.45, 2.75) is 12.8 Å². The minimum Gasteiger partial charge on any atom is -0.490 e. The molecule has 26 heavy (non-hydrogen) atoms. The zero-order valence-electron chi connectivity index (χ0n) is 14.9. The van der Waals surface area contributed by atoms with Crippen molar-refractivity contribution in [3.05, 3.63) is 60.4 Å². The van der Waals surface area contributed by atoms with Gasteiger partial charge in [-0.1, -0.05) is 12.7 Å². The molecule has 2 heterocycles. The summed E-state index contributed by atoms with van der Waals surface area (Å²) in [5.74, 6) is 0.763. The maximum Gasteiger partial charge on any atom is 0.253 e. The number of aromatic nitrogens is 2. The van der Waals surface area contributed by atoms with E-state index in [1.165, 1.54) is 0 Å². The molecule has 6 heteroatoms. The van der Waals surface area contributed by atoms with Crippen molar-refractivity contribution in [2.75, 3.05) is 19.7 Å². The number of carbonyl (C=O) groups excluding carboxylic acids is 2. The van der Waals surface area contributed by atoms with Crippen molar-refractivity contribution < 1.29 is 14.3 Å². The molecule has 0 bridgehead atoms. The molecule has 0 unspecified atom stereocenters. The molecule has 1 amide bonds. The smallest absolute Gasteiger partial charge is 0.253 e. The predicted octanol–water partition coefficient (Wildman–Crippen LogP) is 2.72. The van der Waals surface area contributed by atoms with Crippen LogP contribution in [-0.2, 0) is 7.05 Å². The van der Waals surface area contributed by atoms with Crippen LogP contribution in [-0.4, -0.2) is 46.1 Å². The summed E-state index contributed by atoms with van der Waals surface area (Å²) < 4.78 is 7.04. The number of hydrogen-bond donors (Lipinski definition) is 0. The van der Waals surface area contributed by atoms with Crippen LogP contribution >= 0.6 is 0 Å². The minimum absolute atomic E-state index is 0.00768. The molecule has 0 spiro atoms. The number of aryl methyl sites for hydroxylation is 1. The number of carbonyl (C=O) groups is 2. The average molecular weight is 353 g/mol. The number of piperidine rings is 1. The van der Waals surface area contributed by atoms with Gasteiger partial charge >= 0.3 is 0 Å². The largest absolute Gasteiger partial charge is 0.490 e. The standard InChI is InChI=1S/C20H23N3O3/c1-3-14-26-17-6-4-16(5-7-17)20(25)23-12-9-15(10-13-23)19(24)18-8-11-21-22(18)2/h3-8,11,15H,1,9-10,12-14H2,2H3. The van der Waals surface area contributed by atoms with Gasteiger partial charge in [0.1, 0.15) is 18.1 Å². The van der Waals surface area contributed by atoms with Crippen LogP contribution < -0.4 is 4.74 Å². The summed E-state index contributed by atoms with van der Waals surface area (Å²) in [4.78, 5) is 27.0. The number of nitrogens with zero attached hydrogens (tertiary/aromatic N) is 3. The summed E-state index contributed by atoms with van der Waals surface area (Å²) in [6, 6.07) is 8.86. The van der Waals surface area contributed by atoms with Crippen LogP contribution in [0.3, 0.4) is 0 Å². The van der Waals surface area contributed by atoms with Gasteiger partial charge in [-0.2, -0.15) is 5.10 Å². The first kappa shape index (κ1) is 17.9.